The van der Waals surface area contributed by atoms with Crippen LogP contribution in [-0.2, 0) is 0 Å². The number of hydrogen-bond acceptors (Lipinski definition) is 5. The van der Waals surface area contributed by atoms with Gasteiger partial charge in [0.05, 0.1) is 11.4 Å². The highest BCUT2D eigenvalue weighted by molar-refractivity contribution is 5.69. The van der Waals surface area contributed by atoms with E-state index >= 15 is 0 Å². The molecular formula is C25H42N4O. The molecule has 2 aromatic carbocycles. The molecule has 1 aliphatic heterocycles. The smallest absolute Gasteiger partial charge is 0.122 e. The fourth-order valence-electron chi connectivity index (χ4n) is 3.06. The van der Waals surface area contributed by atoms with Gasteiger partial charge >= 0.3 is 0 Å². The van der Waals surface area contributed by atoms with Crippen molar-refractivity contribution in [3.8, 4) is 5.75 Å². The van der Waals surface area contributed by atoms with Gasteiger partial charge in [-0.25, -0.2) is 0 Å². The van der Waals surface area contributed by atoms with Gasteiger partial charge in [0.25, 0.3) is 0 Å². The van der Waals surface area contributed by atoms with Gasteiger partial charge < -0.3 is 24.8 Å². The van der Waals surface area contributed by atoms with E-state index < -0.39 is 0 Å². The van der Waals surface area contributed by atoms with Crippen LogP contribution in [0.2, 0.25) is 0 Å². The van der Waals surface area contributed by atoms with Gasteiger partial charge in [0.15, 0.2) is 0 Å². The number of piperazine rings is 1. The first-order valence-corrected chi connectivity index (χ1v) is 11.0. The first-order valence-electron chi connectivity index (χ1n) is 11.0. The van der Waals surface area contributed by atoms with E-state index in [-0.39, 0.29) is 0 Å². The van der Waals surface area contributed by atoms with Gasteiger partial charge in [-0.3, -0.25) is 0 Å². The zero-order valence-electron chi connectivity index (χ0n) is 20.1. The molecule has 0 unspecified atom stereocenters. The van der Waals surface area contributed by atoms with Gasteiger partial charge in [-0.05, 0) is 51.8 Å². The molecule has 0 aliphatic carbocycles. The molecule has 3 rings (SSSR count). The molecule has 0 amide bonds. The van der Waals surface area contributed by atoms with Crippen LogP contribution in [0.3, 0.4) is 0 Å². The molecule has 1 fully saturated rings. The summed E-state index contributed by atoms with van der Waals surface area (Å²) in [4.78, 5) is 6.93. The highest BCUT2D eigenvalue weighted by Gasteiger charge is 2.15. The number of rotatable bonds is 6. The minimum Gasteiger partial charge on any atom is -0.492 e. The summed E-state index contributed by atoms with van der Waals surface area (Å²) in [6.45, 7) is 12.3. The third kappa shape index (κ3) is 9.06. The Bertz CT molecular complexity index is 697. The summed E-state index contributed by atoms with van der Waals surface area (Å²) in [6, 6.07) is 16.6. The predicted octanol–water partition coefficient (Wildman–Crippen LogP) is 4.44. The minimum atomic E-state index is 0.748. The Morgan fingerprint density at radius 3 is 2.13 bits per heavy atom. The van der Waals surface area contributed by atoms with Crippen LogP contribution in [-0.4, -0.2) is 77.3 Å². The molecule has 0 aromatic heterocycles. The average Bonchev–Trinajstić information content (AvgIpc) is 2.77. The fourth-order valence-corrected chi connectivity index (χ4v) is 3.06. The molecule has 0 bridgehead atoms. The molecule has 0 saturated carbocycles. The molecular weight excluding hydrogens is 372 g/mol. The zero-order chi connectivity index (χ0) is 22.4. The number of ether oxygens (including phenoxy) is 1. The molecule has 0 radical (unpaired) electrons. The van der Waals surface area contributed by atoms with E-state index in [9.17, 15) is 0 Å². The van der Waals surface area contributed by atoms with Crippen LogP contribution in [0.25, 0.3) is 0 Å². The van der Waals surface area contributed by atoms with Gasteiger partial charge in [0, 0.05) is 39.8 Å². The maximum absolute atomic E-state index is 5.61. The normalized spacial score (nSPS) is 13.7. The maximum Gasteiger partial charge on any atom is 0.122 e. The third-order valence-electron chi connectivity index (χ3n) is 4.91. The second kappa shape index (κ2) is 14.7. The minimum absolute atomic E-state index is 0.748. The van der Waals surface area contributed by atoms with Crippen LogP contribution in [0.15, 0.2) is 48.5 Å². The molecule has 0 atom stereocenters. The molecule has 2 aromatic rings. The summed E-state index contributed by atoms with van der Waals surface area (Å²) < 4.78 is 5.61. The molecule has 1 saturated heterocycles. The van der Waals surface area contributed by atoms with Crippen molar-refractivity contribution in [3.63, 3.8) is 0 Å². The van der Waals surface area contributed by atoms with Crippen molar-refractivity contribution in [2.75, 3.05) is 77.7 Å². The van der Waals surface area contributed by atoms with Crippen LogP contribution in [0.4, 0.5) is 11.4 Å². The summed E-state index contributed by atoms with van der Waals surface area (Å²) in [6.07, 6.45) is 0. The topological polar surface area (TPSA) is 31.0 Å². The molecule has 0 spiro atoms. The number of benzene rings is 2. The van der Waals surface area contributed by atoms with Crippen LogP contribution >= 0.6 is 0 Å². The zero-order valence-corrected chi connectivity index (χ0v) is 20.1. The van der Waals surface area contributed by atoms with E-state index in [1.54, 1.807) is 0 Å². The molecule has 1 heterocycles. The van der Waals surface area contributed by atoms with Crippen molar-refractivity contribution in [2.24, 2.45) is 0 Å². The molecule has 30 heavy (non-hydrogen) atoms. The van der Waals surface area contributed by atoms with Crippen LogP contribution in [0.5, 0.6) is 5.75 Å². The number of aryl methyl sites for hydroxylation is 1. The van der Waals surface area contributed by atoms with E-state index in [1.165, 1.54) is 16.9 Å². The number of anilines is 2. The van der Waals surface area contributed by atoms with Crippen LogP contribution in [0, 0.1) is 6.92 Å². The molecule has 1 aliphatic rings. The second-order valence-electron chi connectivity index (χ2n) is 7.47. The number of nitrogens with one attached hydrogen (secondary N) is 1. The summed E-state index contributed by atoms with van der Waals surface area (Å²) >= 11 is 0. The average molecular weight is 415 g/mol. The SMILES string of the molecule is CC.CNc1ccccc1N1CCN(C)CC1.Cc1ccccc1OCCN(C)C. The monoisotopic (exact) mass is 414 g/mol. The largest absolute Gasteiger partial charge is 0.492 e. The second-order valence-corrected chi connectivity index (χ2v) is 7.47. The number of nitrogens with zero attached hydrogens (tertiary/aromatic N) is 3. The standard InChI is InChI=1S/C12H19N3.C11H17NO.C2H6/c1-13-11-5-3-4-6-12(11)15-9-7-14(2)8-10-15;1-10-6-4-5-7-11(10)13-9-8-12(2)3;1-2/h3-6,13H,7-10H2,1-2H3;4-7H,8-9H2,1-3H3;1-2H3. The summed E-state index contributed by atoms with van der Waals surface area (Å²) in [5.74, 6) is 0.990. The van der Waals surface area contributed by atoms with E-state index in [0.29, 0.717) is 0 Å². The van der Waals surface area contributed by atoms with E-state index in [4.69, 9.17) is 4.74 Å². The van der Waals surface area contributed by atoms with Gasteiger partial charge in [0.2, 0.25) is 0 Å². The van der Waals surface area contributed by atoms with E-state index in [2.05, 4.69) is 64.3 Å². The lowest BCUT2D eigenvalue weighted by atomic mass is 10.2. The first kappa shape index (κ1) is 25.8. The number of para-hydroxylation sites is 3. The Kier molecular flexibility index (Phi) is 12.6. The molecule has 168 valence electrons. The quantitative estimate of drug-likeness (QED) is 0.755. The Morgan fingerprint density at radius 2 is 1.53 bits per heavy atom. The summed E-state index contributed by atoms with van der Waals surface area (Å²) in [5, 5.41) is 3.25. The molecule has 5 nitrogen and oxygen atoms in total. The third-order valence-corrected chi connectivity index (χ3v) is 4.91. The van der Waals surface area contributed by atoms with Gasteiger partial charge in [0.1, 0.15) is 12.4 Å². The van der Waals surface area contributed by atoms with Crippen LogP contribution < -0.4 is 15.0 Å². The maximum atomic E-state index is 5.61. The Hall–Kier alpha value is -2.24. The lowest BCUT2D eigenvalue weighted by Crippen LogP contribution is -2.44. The Labute approximate surface area is 184 Å². The Morgan fingerprint density at radius 1 is 0.933 bits per heavy atom. The predicted molar refractivity (Wildman–Crippen MR) is 132 cm³/mol. The lowest BCUT2D eigenvalue weighted by Gasteiger charge is -2.35. The van der Waals surface area contributed by atoms with Crippen molar-refractivity contribution in [3.05, 3.63) is 54.1 Å². The molecule has 5 heteroatoms. The highest BCUT2D eigenvalue weighted by atomic mass is 16.5. The van der Waals surface area contributed by atoms with Gasteiger partial charge in [-0.1, -0.05) is 44.2 Å². The lowest BCUT2D eigenvalue weighted by molar-refractivity contribution is 0.260. The molecule has 1 N–H and O–H groups in total. The summed E-state index contributed by atoms with van der Waals surface area (Å²) in [5.41, 5.74) is 3.75. The van der Waals surface area contributed by atoms with E-state index in [1.807, 2.05) is 53.2 Å². The van der Waals surface area contributed by atoms with Crippen molar-refractivity contribution in [2.45, 2.75) is 20.8 Å². The van der Waals surface area contributed by atoms with Gasteiger partial charge in [-0.15, -0.1) is 0 Å². The summed E-state index contributed by atoms with van der Waals surface area (Å²) in [7, 11) is 8.25. The highest BCUT2D eigenvalue weighted by Crippen LogP contribution is 2.25. The van der Waals surface area contributed by atoms with Crippen LogP contribution in [0.1, 0.15) is 19.4 Å². The van der Waals surface area contributed by atoms with Crippen molar-refractivity contribution < 1.29 is 4.74 Å². The number of hydrogen-bond donors (Lipinski definition) is 1. The number of likely N-dealkylation sites (N-methyl/N-ethyl adjacent to an activating group) is 2. The fraction of sp³-hybridized carbons (Fsp3) is 0.520. The van der Waals surface area contributed by atoms with E-state index in [0.717, 1.165) is 45.1 Å². The van der Waals surface area contributed by atoms with Crippen molar-refractivity contribution in [1.29, 1.82) is 0 Å². The van der Waals surface area contributed by atoms with Crippen molar-refractivity contribution >= 4 is 11.4 Å². The first-order chi connectivity index (χ1) is 14.5. The van der Waals surface area contributed by atoms with Gasteiger partial charge in [-0.2, -0.15) is 0 Å². The van der Waals surface area contributed by atoms with Crippen molar-refractivity contribution in [1.82, 2.24) is 9.80 Å². The Balaban J connectivity index is 0.000000280.